The molecular weight excluding hydrogens is 347 g/mol. The number of aromatic nitrogens is 4. The molecule has 3 rings (SSSR count). The lowest BCUT2D eigenvalue weighted by Crippen LogP contribution is -2.33. The van der Waals surface area contributed by atoms with Gasteiger partial charge in [0.2, 0.25) is 0 Å². The van der Waals surface area contributed by atoms with Crippen LogP contribution in [0.25, 0.3) is 11.1 Å². The third kappa shape index (κ3) is 4.16. The molecule has 27 heavy (non-hydrogen) atoms. The van der Waals surface area contributed by atoms with Crippen LogP contribution in [0.2, 0.25) is 0 Å². The first-order valence-electron chi connectivity index (χ1n) is 8.83. The van der Waals surface area contributed by atoms with Crippen LogP contribution < -0.4 is 10.6 Å². The first-order valence-corrected chi connectivity index (χ1v) is 8.83. The van der Waals surface area contributed by atoms with Crippen LogP contribution in [-0.4, -0.2) is 31.9 Å². The van der Waals surface area contributed by atoms with E-state index in [9.17, 15) is 9.18 Å². The minimum Gasteiger partial charge on any atom is -0.336 e. The van der Waals surface area contributed by atoms with Crippen molar-refractivity contribution in [1.29, 1.82) is 0 Å². The van der Waals surface area contributed by atoms with Gasteiger partial charge in [0.15, 0.2) is 0 Å². The number of amides is 2. The van der Waals surface area contributed by atoms with Crippen molar-refractivity contribution in [2.45, 2.75) is 26.3 Å². The number of benzene rings is 1. The van der Waals surface area contributed by atoms with Crippen molar-refractivity contribution in [3.63, 3.8) is 0 Å². The van der Waals surface area contributed by atoms with Crippen molar-refractivity contribution >= 4 is 11.8 Å². The highest BCUT2D eigenvalue weighted by molar-refractivity contribution is 5.93. The van der Waals surface area contributed by atoms with E-state index >= 15 is 0 Å². The first kappa shape index (κ1) is 18.6. The number of hydrogen-bond acceptors (Lipinski definition) is 3. The molecule has 0 aliphatic heterocycles. The highest BCUT2D eigenvalue weighted by atomic mass is 19.1. The van der Waals surface area contributed by atoms with E-state index in [1.165, 1.54) is 12.1 Å². The number of imidazole rings is 1. The Balaban J connectivity index is 1.76. The van der Waals surface area contributed by atoms with E-state index < -0.39 is 0 Å². The number of hydrogen-bond donors (Lipinski definition) is 2. The van der Waals surface area contributed by atoms with E-state index in [1.807, 2.05) is 24.6 Å². The number of halogens is 1. The van der Waals surface area contributed by atoms with Gasteiger partial charge in [0.05, 0.1) is 12.0 Å². The minimum absolute atomic E-state index is 0.0764. The van der Waals surface area contributed by atoms with Crippen LogP contribution in [-0.2, 0) is 13.5 Å². The van der Waals surface area contributed by atoms with E-state index in [0.717, 1.165) is 16.8 Å². The molecule has 2 aromatic heterocycles. The zero-order valence-electron chi connectivity index (χ0n) is 15.6. The molecule has 7 nitrogen and oxygen atoms in total. The Bertz CT molecular complexity index is 901. The Morgan fingerprint density at radius 3 is 2.67 bits per heavy atom. The number of rotatable bonds is 6. The molecule has 0 fully saturated rings. The van der Waals surface area contributed by atoms with Crippen LogP contribution in [0.1, 0.15) is 25.6 Å². The van der Waals surface area contributed by atoms with Crippen LogP contribution >= 0.6 is 0 Å². The number of urea groups is 1. The second kappa shape index (κ2) is 8.03. The second-order valence-corrected chi connectivity index (χ2v) is 6.35. The molecule has 0 aliphatic carbocycles. The monoisotopic (exact) mass is 370 g/mol. The second-order valence-electron chi connectivity index (χ2n) is 6.35. The maximum Gasteiger partial charge on any atom is 0.320 e. The van der Waals surface area contributed by atoms with Crippen LogP contribution in [0.15, 0.2) is 43.0 Å². The number of carbonyl (C=O) groups excluding carboxylic acids is 1. The number of nitrogens with zero attached hydrogens (tertiary/aromatic N) is 4. The maximum atomic E-state index is 13.3. The predicted molar refractivity (Wildman–Crippen MR) is 102 cm³/mol. The van der Waals surface area contributed by atoms with Gasteiger partial charge in [-0.25, -0.2) is 14.2 Å². The number of anilines is 1. The Hall–Kier alpha value is -3.16. The molecule has 2 N–H and O–H groups in total. The molecule has 0 bridgehead atoms. The van der Waals surface area contributed by atoms with Crippen LogP contribution in [0.3, 0.4) is 0 Å². The summed E-state index contributed by atoms with van der Waals surface area (Å²) >= 11 is 0. The van der Waals surface area contributed by atoms with Gasteiger partial charge in [-0.05, 0) is 31.0 Å². The molecule has 8 heteroatoms. The van der Waals surface area contributed by atoms with Crippen LogP contribution in [0.4, 0.5) is 15.0 Å². The van der Waals surface area contributed by atoms with Gasteiger partial charge >= 0.3 is 6.03 Å². The molecule has 0 radical (unpaired) electrons. The van der Waals surface area contributed by atoms with Gasteiger partial charge in [0.1, 0.15) is 11.6 Å². The molecule has 0 spiro atoms. The molecule has 1 unspecified atom stereocenters. The number of aryl methyl sites for hydroxylation is 2. The Morgan fingerprint density at radius 2 is 2.04 bits per heavy atom. The maximum absolute atomic E-state index is 13.3. The summed E-state index contributed by atoms with van der Waals surface area (Å²) in [6.07, 6.45) is 5.96. The van der Waals surface area contributed by atoms with Crippen molar-refractivity contribution in [2.75, 3.05) is 11.9 Å². The molecule has 142 valence electrons. The third-order valence-corrected chi connectivity index (χ3v) is 4.41. The molecule has 0 saturated heterocycles. The summed E-state index contributed by atoms with van der Waals surface area (Å²) in [7, 11) is 1.77. The molecule has 3 aromatic rings. The molecule has 1 atom stereocenters. The molecule has 2 amide bonds. The lowest BCUT2D eigenvalue weighted by molar-refractivity contribution is 0.250. The van der Waals surface area contributed by atoms with E-state index in [2.05, 4.69) is 20.7 Å². The van der Waals surface area contributed by atoms with Gasteiger partial charge in [0.25, 0.3) is 0 Å². The highest BCUT2D eigenvalue weighted by Crippen LogP contribution is 2.31. The predicted octanol–water partition coefficient (Wildman–Crippen LogP) is 3.37. The Morgan fingerprint density at radius 1 is 1.30 bits per heavy atom. The molecule has 1 aromatic carbocycles. The summed E-state index contributed by atoms with van der Waals surface area (Å²) in [4.78, 5) is 16.4. The zero-order chi connectivity index (χ0) is 19.4. The quantitative estimate of drug-likeness (QED) is 0.698. The minimum atomic E-state index is -0.323. The van der Waals surface area contributed by atoms with E-state index in [4.69, 9.17) is 0 Å². The summed E-state index contributed by atoms with van der Waals surface area (Å²) in [6.45, 7) is 4.43. The molecule has 0 aliphatic rings. The standard InChI is InChI=1S/C19H23FN6O/c1-4-16-17(14-5-7-15(20)8-6-14)18(25(3)24-16)23-19(27)22-11-13(2)26-10-9-21-12-26/h5-10,12-13H,4,11H2,1-3H3,(H2,22,23,27). The van der Waals surface area contributed by atoms with Gasteiger partial charge in [-0.3, -0.25) is 10.00 Å². The SMILES string of the molecule is CCc1nn(C)c(NC(=O)NCC(C)n2ccnc2)c1-c1ccc(F)cc1. The topological polar surface area (TPSA) is 76.8 Å². The van der Waals surface area contributed by atoms with Crippen LogP contribution in [0, 0.1) is 5.82 Å². The fourth-order valence-electron chi connectivity index (χ4n) is 2.92. The average Bonchev–Trinajstić information content (AvgIpc) is 3.29. The van der Waals surface area contributed by atoms with Crippen molar-refractivity contribution in [1.82, 2.24) is 24.6 Å². The smallest absolute Gasteiger partial charge is 0.320 e. The summed E-state index contributed by atoms with van der Waals surface area (Å²) in [6, 6.07) is 5.94. The zero-order valence-corrected chi connectivity index (χ0v) is 15.6. The van der Waals surface area contributed by atoms with Crippen molar-refractivity contribution < 1.29 is 9.18 Å². The number of nitrogens with one attached hydrogen (secondary N) is 2. The lowest BCUT2D eigenvalue weighted by atomic mass is 10.0. The van der Waals surface area contributed by atoms with E-state index in [0.29, 0.717) is 18.8 Å². The van der Waals surface area contributed by atoms with Crippen molar-refractivity contribution in [3.8, 4) is 11.1 Å². The summed E-state index contributed by atoms with van der Waals surface area (Å²) in [5, 5.41) is 10.2. The molecular formula is C19H23FN6O. The third-order valence-electron chi connectivity index (χ3n) is 4.41. The largest absolute Gasteiger partial charge is 0.336 e. The fourth-order valence-corrected chi connectivity index (χ4v) is 2.92. The van der Waals surface area contributed by atoms with Crippen LogP contribution in [0.5, 0.6) is 0 Å². The normalized spacial score (nSPS) is 12.0. The summed E-state index contributed by atoms with van der Waals surface area (Å²) in [5.74, 6) is 0.271. The first-order chi connectivity index (χ1) is 13.0. The van der Waals surface area contributed by atoms with Gasteiger partial charge < -0.3 is 9.88 Å². The lowest BCUT2D eigenvalue weighted by Gasteiger charge is -2.15. The van der Waals surface area contributed by atoms with Gasteiger partial charge in [-0.15, -0.1) is 0 Å². The van der Waals surface area contributed by atoms with Crippen molar-refractivity contribution in [3.05, 3.63) is 54.5 Å². The van der Waals surface area contributed by atoms with Crippen molar-refractivity contribution in [2.24, 2.45) is 7.05 Å². The molecule has 0 saturated carbocycles. The van der Waals surface area contributed by atoms with Gasteiger partial charge in [0, 0.05) is 37.6 Å². The van der Waals surface area contributed by atoms with Gasteiger partial charge in [-0.1, -0.05) is 19.1 Å². The average molecular weight is 370 g/mol. The highest BCUT2D eigenvalue weighted by Gasteiger charge is 2.19. The summed E-state index contributed by atoms with van der Waals surface area (Å²) in [5.41, 5.74) is 2.45. The summed E-state index contributed by atoms with van der Waals surface area (Å²) < 4.78 is 16.8. The Kier molecular flexibility index (Phi) is 5.54. The Labute approximate surface area is 157 Å². The fraction of sp³-hybridized carbons (Fsp3) is 0.316. The number of carbonyl (C=O) groups is 1. The van der Waals surface area contributed by atoms with E-state index in [-0.39, 0.29) is 17.9 Å². The van der Waals surface area contributed by atoms with Gasteiger partial charge in [-0.2, -0.15) is 5.10 Å². The molecule has 2 heterocycles. The van der Waals surface area contributed by atoms with E-state index in [1.54, 1.807) is 36.4 Å².